The lowest BCUT2D eigenvalue weighted by atomic mass is 10.3. The van der Waals surface area contributed by atoms with Gasteiger partial charge in [-0.3, -0.25) is 4.79 Å². The van der Waals surface area contributed by atoms with E-state index >= 15 is 0 Å². The van der Waals surface area contributed by atoms with E-state index in [2.05, 4.69) is 9.73 Å². The molecule has 0 aromatic rings. The average molecular weight is 309 g/mol. The summed E-state index contributed by atoms with van der Waals surface area (Å²) in [6.45, 7) is -0.415. The summed E-state index contributed by atoms with van der Waals surface area (Å²) < 4.78 is 78.8. The summed E-state index contributed by atoms with van der Waals surface area (Å²) in [6.07, 6.45) is -11.0. The smallest absolute Gasteiger partial charge is 0.428 e. The number of hydrogen-bond acceptors (Lipinski definition) is 5. The summed E-state index contributed by atoms with van der Waals surface area (Å²) in [6, 6.07) is 0. The highest BCUT2D eigenvalue weighted by Gasteiger charge is 2.78. The van der Waals surface area contributed by atoms with E-state index in [9.17, 15) is 35.9 Å². The van der Waals surface area contributed by atoms with Crippen LogP contribution in [0.3, 0.4) is 0 Å². The fourth-order valence-corrected chi connectivity index (χ4v) is 2.46. The van der Waals surface area contributed by atoms with Gasteiger partial charge < -0.3 is 4.74 Å². The van der Waals surface area contributed by atoms with Crippen LogP contribution in [0.2, 0.25) is 0 Å². The van der Waals surface area contributed by atoms with Gasteiger partial charge in [0.2, 0.25) is 6.08 Å². The van der Waals surface area contributed by atoms with Crippen LogP contribution in [0.25, 0.3) is 0 Å². The maximum Gasteiger partial charge on any atom is 0.448 e. The number of rotatable bonds is 3. The van der Waals surface area contributed by atoms with Crippen LogP contribution < -0.4 is 0 Å². The van der Waals surface area contributed by atoms with Gasteiger partial charge in [0.05, 0.1) is 6.54 Å². The third-order valence-corrected chi connectivity index (χ3v) is 3.72. The number of nitrogens with zero attached hydrogens (tertiary/aromatic N) is 1. The van der Waals surface area contributed by atoms with Crippen molar-refractivity contribution < 1.29 is 40.7 Å². The first-order valence-corrected chi connectivity index (χ1v) is 5.51. The first kappa shape index (κ1) is 15.8. The Kier molecular flexibility index (Phi) is 4.20. The number of cyclic esters (lactones) is 1. The number of halogens is 6. The van der Waals surface area contributed by atoms with Crippen molar-refractivity contribution in [2.45, 2.75) is 29.0 Å². The predicted molar refractivity (Wildman–Crippen MR) is 49.9 cm³/mol. The number of hydrogen-bond donors (Lipinski definition) is 0. The van der Waals surface area contributed by atoms with Gasteiger partial charge in [-0.2, -0.15) is 26.3 Å². The Morgan fingerprint density at radius 3 is 2.16 bits per heavy atom. The first-order valence-electron chi connectivity index (χ1n) is 4.63. The molecule has 11 heteroatoms. The summed E-state index contributed by atoms with van der Waals surface area (Å²) >= 11 is -0.681. The molecule has 0 saturated carbocycles. The van der Waals surface area contributed by atoms with Crippen molar-refractivity contribution in [3.05, 3.63) is 0 Å². The molecule has 1 aliphatic heterocycles. The Bertz CT molecular complexity index is 400. The number of thioether (sulfide) groups is 1. The maximum atomic E-state index is 12.5. The molecule has 0 radical (unpaired) electrons. The Morgan fingerprint density at radius 2 is 1.79 bits per heavy atom. The summed E-state index contributed by atoms with van der Waals surface area (Å²) in [5, 5.41) is -1.69. The van der Waals surface area contributed by atoms with Gasteiger partial charge in [0, 0.05) is 0 Å². The standard InChI is InChI=1S/C8H5F6NO3S/c9-7(10,11)6(8(12,13)14)18-5(17)4(19-6)1-2-15-3-16/h4H,1-2H2. The van der Waals surface area contributed by atoms with Crippen LogP contribution in [-0.4, -0.2) is 41.1 Å². The van der Waals surface area contributed by atoms with Crippen molar-refractivity contribution in [2.24, 2.45) is 4.99 Å². The number of alkyl halides is 6. The SMILES string of the molecule is O=C=NCCC1SC(C(F)(F)F)(C(F)(F)F)OC1=O. The highest BCUT2D eigenvalue weighted by Crippen LogP contribution is 2.58. The van der Waals surface area contributed by atoms with Gasteiger partial charge in [-0.25, -0.2) is 9.79 Å². The molecule has 0 aromatic heterocycles. The van der Waals surface area contributed by atoms with E-state index in [4.69, 9.17) is 0 Å². The van der Waals surface area contributed by atoms with Crippen LogP contribution in [0.5, 0.6) is 0 Å². The molecule has 108 valence electrons. The average Bonchev–Trinajstić information content (AvgIpc) is 2.56. The molecule has 1 aliphatic rings. The van der Waals surface area contributed by atoms with E-state index in [1.807, 2.05) is 0 Å². The molecule has 1 heterocycles. The maximum absolute atomic E-state index is 12.5. The minimum Gasteiger partial charge on any atom is -0.428 e. The van der Waals surface area contributed by atoms with E-state index in [-0.39, 0.29) is 0 Å². The summed E-state index contributed by atoms with van der Waals surface area (Å²) in [5.41, 5.74) is 0. The van der Waals surface area contributed by atoms with E-state index in [0.717, 1.165) is 6.08 Å². The van der Waals surface area contributed by atoms with Crippen LogP contribution in [0, 0.1) is 0 Å². The molecule has 19 heavy (non-hydrogen) atoms. The van der Waals surface area contributed by atoms with E-state index in [1.54, 1.807) is 0 Å². The highest BCUT2D eigenvalue weighted by molar-refractivity contribution is 8.02. The molecule has 1 fully saturated rings. The molecular weight excluding hydrogens is 304 g/mol. The number of carbonyl (C=O) groups excluding carboxylic acids is 2. The van der Waals surface area contributed by atoms with Gasteiger partial charge in [0.25, 0.3) is 0 Å². The van der Waals surface area contributed by atoms with E-state index in [0.29, 0.717) is 0 Å². The Morgan fingerprint density at radius 1 is 1.26 bits per heavy atom. The first-order chi connectivity index (χ1) is 8.55. The number of isocyanates is 1. The molecule has 1 rings (SSSR count). The lowest BCUT2D eigenvalue weighted by Crippen LogP contribution is -2.54. The Balaban J connectivity index is 3.00. The van der Waals surface area contributed by atoms with Crippen molar-refractivity contribution in [3.63, 3.8) is 0 Å². The van der Waals surface area contributed by atoms with Gasteiger partial charge >= 0.3 is 23.3 Å². The largest absolute Gasteiger partial charge is 0.448 e. The Hall–Kier alpha value is -1.22. The fraction of sp³-hybridized carbons (Fsp3) is 0.750. The molecule has 0 amide bonds. The van der Waals surface area contributed by atoms with E-state index in [1.165, 1.54) is 0 Å². The van der Waals surface area contributed by atoms with Gasteiger partial charge in [-0.05, 0) is 6.42 Å². The molecule has 0 N–H and O–H groups in total. The fourth-order valence-electron chi connectivity index (χ4n) is 1.29. The quantitative estimate of drug-likeness (QED) is 0.347. The third kappa shape index (κ3) is 2.86. The van der Waals surface area contributed by atoms with Gasteiger partial charge in [0.1, 0.15) is 5.25 Å². The van der Waals surface area contributed by atoms with E-state index < -0.39 is 53.2 Å². The van der Waals surface area contributed by atoms with Crippen molar-refractivity contribution in [3.8, 4) is 0 Å². The van der Waals surface area contributed by atoms with Crippen molar-refractivity contribution in [2.75, 3.05) is 6.54 Å². The minimum absolute atomic E-state index is 0.415. The van der Waals surface area contributed by atoms with Crippen molar-refractivity contribution in [1.29, 1.82) is 0 Å². The van der Waals surface area contributed by atoms with Crippen LogP contribution in [0.15, 0.2) is 4.99 Å². The monoisotopic (exact) mass is 309 g/mol. The lowest BCUT2D eigenvalue weighted by molar-refractivity contribution is -0.327. The molecule has 0 aliphatic carbocycles. The zero-order valence-electron chi connectivity index (χ0n) is 8.84. The zero-order chi connectivity index (χ0) is 14.9. The molecule has 0 aromatic carbocycles. The molecule has 1 atom stereocenters. The van der Waals surface area contributed by atoms with Gasteiger partial charge in [-0.15, -0.1) is 0 Å². The van der Waals surface area contributed by atoms with Crippen molar-refractivity contribution in [1.82, 2.24) is 0 Å². The summed E-state index contributed by atoms with van der Waals surface area (Å²) in [4.78, 5) is 19.2. The second kappa shape index (κ2) is 5.04. The lowest BCUT2D eigenvalue weighted by Gasteiger charge is -2.30. The normalized spacial score (nSPS) is 22.8. The Labute approximate surface area is 106 Å². The molecule has 0 bridgehead atoms. The van der Waals surface area contributed by atoms with Gasteiger partial charge in [0.15, 0.2) is 0 Å². The topological polar surface area (TPSA) is 55.7 Å². The second-order valence-electron chi connectivity index (χ2n) is 3.40. The molecule has 0 spiro atoms. The van der Waals surface area contributed by atoms with Crippen LogP contribution in [-0.2, 0) is 14.3 Å². The summed E-state index contributed by atoms with van der Waals surface area (Å²) in [5.74, 6) is -1.64. The molecule has 4 nitrogen and oxygen atoms in total. The zero-order valence-corrected chi connectivity index (χ0v) is 9.66. The van der Waals surface area contributed by atoms with Crippen LogP contribution >= 0.6 is 11.8 Å². The van der Waals surface area contributed by atoms with Crippen molar-refractivity contribution >= 4 is 23.8 Å². The predicted octanol–water partition coefficient (Wildman–Crippen LogP) is 2.19. The van der Waals surface area contributed by atoms with Crippen LogP contribution in [0.4, 0.5) is 26.3 Å². The minimum atomic E-state index is -5.80. The highest BCUT2D eigenvalue weighted by atomic mass is 32.2. The molecule has 1 saturated heterocycles. The summed E-state index contributed by atoms with van der Waals surface area (Å²) in [7, 11) is 0. The number of ether oxygens (including phenoxy) is 1. The third-order valence-electron chi connectivity index (χ3n) is 2.13. The number of carbonyl (C=O) groups is 1. The van der Waals surface area contributed by atoms with Gasteiger partial charge in [-0.1, -0.05) is 11.8 Å². The van der Waals surface area contributed by atoms with Crippen LogP contribution in [0.1, 0.15) is 6.42 Å². The number of esters is 1. The second-order valence-corrected chi connectivity index (χ2v) is 4.78. The number of aliphatic imine (C=N–C) groups is 1. The molecule has 1 unspecified atom stereocenters. The molecular formula is C8H5F6NO3S.